The number of amides is 2. The molecule has 1 aromatic carbocycles. The summed E-state index contributed by atoms with van der Waals surface area (Å²) in [6.07, 6.45) is 8.36. The van der Waals surface area contributed by atoms with Crippen LogP contribution in [0.5, 0.6) is 0 Å². The lowest BCUT2D eigenvalue weighted by molar-refractivity contribution is -0.0496. The number of carbonyl (C=O) groups is 1. The molecule has 0 spiro atoms. The van der Waals surface area contributed by atoms with Gasteiger partial charge >= 0.3 is 6.03 Å². The van der Waals surface area contributed by atoms with E-state index < -0.39 is 0 Å². The predicted octanol–water partition coefficient (Wildman–Crippen LogP) is 5.15. The monoisotopic (exact) mass is 326 g/mol. The van der Waals surface area contributed by atoms with Crippen molar-refractivity contribution in [3.8, 4) is 0 Å². The molecule has 3 nitrogen and oxygen atoms in total. The summed E-state index contributed by atoms with van der Waals surface area (Å²) >= 11 is 0. The second kappa shape index (κ2) is 6.09. The minimum Gasteiger partial charge on any atom is -0.337 e. The molecule has 0 atom stereocenters. The quantitative estimate of drug-likeness (QED) is 0.789. The molecule has 2 amide bonds. The molecule has 1 aromatic rings. The zero-order valence-electron chi connectivity index (χ0n) is 15.0. The summed E-state index contributed by atoms with van der Waals surface area (Å²) in [5, 5.41) is 6.28. The highest BCUT2D eigenvalue weighted by molar-refractivity contribution is 5.90. The lowest BCUT2D eigenvalue weighted by Crippen LogP contribution is -2.51. The van der Waals surface area contributed by atoms with Gasteiger partial charge in [0.1, 0.15) is 0 Å². The minimum atomic E-state index is -0.0427. The fraction of sp³-hybridized carbons (Fsp3) is 0.667. The second-order valence-corrected chi connectivity index (χ2v) is 8.97. The van der Waals surface area contributed by atoms with Crippen LogP contribution in [0.15, 0.2) is 24.3 Å². The molecule has 130 valence electrons. The number of anilines is 1. The normalized spacial score (nSPS) is 33.7. The van der Waals surface area contributed by atoms with Crippen LogP contribution >= 0.6 is 0 Å². The van der Waals surface area contributed by atoms with E-state index in [1.54, 1.807) is 0 Å². The van der Waals surface area contributed by atoms with Crippen LogP contribution in [0.2, 0.25) is 0 Å². The standard InChI is InChI=1S/C21H30N2O/c1-14(2)18-5-3-4-6-19(18)23-20(24)22-13-21-10-15-7-16(11-21)9-17(8-15)12-21/h3-6,14-17H,7-13H2,1-2H3,(H2,22,23,24). The maximum atomic E-state index is 12.5. The maximum Gasteiger partial charge on any atom is 0.319 e. The van der Waals surface area contributed by atoms with E-state index in [-0.39, 0.29) is 6.03 Å². The maximum absolute atomic E-state index is 12.5. The topological polar surface area (TPSA) is 41.1 Å². The van der Waals surface area contributed by atoms with Gasteiger partial charge in [-0.3, -0.25) is 0 Å². The van der Waals surface area contributed by atoms with Gasteiger partial charge < -0.3 is 10.6 Å². The lowest BCUT2D eigenvalue weighted by Gasteiger charge is -2.56. The molecule has 2 N–H and O–H groups in total. The van der Waals surface area contributed by atoms with Crippen LogP contribution < -0.4 is 10.6 Å². The summed E-state index contributed by atoms with van der Waals surface area (Å²) in [6.45, 7) is 5.17. The Morgan fingerprint density at radius 3 is 2.25 bits per heavy atom. The van der Waals surface area contributed by atoms with Crippen molar-refractivity contribution in [3.05, 3.63) is 29.8 Å². The van der Waals surface area contributed by atoms with Gasteiger partial charge in [0.15, 0.2) is 0 Å². The third kappa shape index (κ3) is 3.05. The molecule has 0 aromatic heterocycles. The van der Waals surface area contributed by atoms with Crippen molar-refractivity contribution >= 4 is 11.7 Å². The zero-order valence-corrected chi connectivity index (χ0v) is 15.0. The lowest BCUT2D eigenvalue weighted by atomic mass is 9.49. The molecule has 4 saturated carbocycles. The first-order valence-corrected chi connectivity index (χ1v) is 9.67. The molecule has 24 heavy (non-hydrogen) atoms. The molecule has 4 bridgehead atoms. The minimum absolute atomic E-state index is 0.0427. The first-order chi connectivity index (χ1) is 11.5. The Hall–Kier alpha value is -1.51. The number of rotatable bonds is 4. The molecular weight excluding hydrogens is 296 g/mol. The van der Waals surface area contributed by atoms with Gasteiger partial charge in [-0.15, -0.1) is 0 Å². The highest BCUT2D eigenvalue weighted by Crippen LogP contribution is 2.59. The van der Waals surface area contributed by atoms with E-state index in [2.05, 4.69) is 30.5 Å². The zero-order chi connectivity index (χ0) is 16.7. The summed E-state index contributed by atoms with van der Waals surface area (Å²) in [7, 11) is 0. The smallest absolute Gasteiger partial charge is 0.319 e. The number of carbonyl (C=O) groups excluding carboxylic acids is 1. The van der Waals surface area contributed by atoms with Gasteiger partial charge in [-0.1, -0.05) is 32.0 Å². The summed E-state index contributed by atoms with van der Waals surface area (Å²) in [5.41, 5.74) is 2.53. The largest absolute Gasteiger partial charge is 0.337 e. The summed E-state index contributed by atoms with van der Waals surface area (Å²) in [5.74, 6) is 3.21. The summed E-state index contributed by atoms with van der Waals surface area (Å²) in [6, 6.07) is 8.08. The van der Waals surface area contributed by atoms with E-state index in [4.69, 9.17) is 0 Å². The van der Waals surface area contributed by atoms with Gasteiger partial charge in [0.25, 0.3) is 0 Å². The first-order valence-electron chi connectivity index (χ1n) is 9.67. The number of hydrogen-bond donors (Lipinski definition) is 2. The van der Waals surface area contributed by atoms with Crippen LogP contribution in [0.4, 0.5) is 10.5 Å². The van der Waals surface area contributed by atoms with Crippen LogP contribution in [0.25, 0.3) is 0 Å². The predicted molar refractivity (Wildman–Crippen MR) is 98.2 cm³/mol. The molecule has 3 heteroatoms. The molecule has 4 aliphatic rings. The highest BCUT2D eigenvalue weighted by atomic mass is 16.2. The Morgan fingerprint density at radius 2 is 1.67 bits per heavy atom. The molecule has 5 rings (SSSR count). The van der Waals surface area contributed by atoms with E-state index in [0.717, 1.165) is 30.0 Å². The van der Waals surface area contributed by atoms with Gasteiger partial charge in [0, 0.05) is 12.2 Å². The van der Waals surface area contributed by atoms with E-state index in [0.29, 0.717) is 11.3 Å². The van der Waals surface area contributed by atoms with E-state index in [1.165, 1.54) is 44.1 Å². The van der Waals surface area contributed by atoms with Crippen molar-refractivity contribution in [2.75, 3.05) is 11.9 Å². The molecular formula is C21H30N2O. The van der Waals surface area contributed by atoms with Crippen LogP contribution in [0.1, 0.15) is 63.9 Å². The van der Waals surface area contributed by atoms with Crippen molar-refractivity contribution < 1.29 is 4.79 Å². The molecule has 0 aliphatic heterocycles. The Morgan fingerprint density at radius 1 is 1.08 bits per heavy atom. The number of benzene rings is 1. The average Bonchev–Trinajstić information content (AvgIpc) is 2.52. The Labute approximate surface area is 145 Å². The van der Waals surface area contributed by atoms with Crippen LogP contribution in [-0.4, -0.2) is 12.6 Å². The average molecular weight is 326 g/mol. The molecule has 4 fully saturated rings. The molecule has 0 unspecified atom stereocenters. The Balaban J connectivity index is 1.38. The van der Waals surface area contributed by atoms with Gasteiger partial charge in [0.05, 0.1) is 0 Å². The van der Waals surface area contributed by atoms with Crippen molar-refractivity contribution in [3.63, 3.8) is 0 Å². The number of urea groups is 1. The van der Waals surface area contributed by atoms with Gasteiger partial charge in [-0.2, -0.15) is 0 Å². The van der Waals surface area contributed by atoms with E-state index in [9.17, 15) is 4.79 Å². The fourth-order valence-electron chi connectivity index (χ4n) is 6.06. The van der Waals surface area contributed by atoms with Crippen LogP contribution in [-0.2, 0) is 0 Å². The number of para-hydroxylation sites is 1. The van der Waals surface area contributed by atoms with Gasteiger partial charge in [-0.25, -0.2) is 4.79 Å². The Bertz CT molecular complexity index is 587. The molecule has 4 aliphatic carbocycles. The fourth-order valence-corrected chi connectivity index (χ4v) is 6.06. The van der Waals surface area contributed by atoms with Gasteiger partial charge in [-0.05, 0) is 79.2 Å². The first kappa shape index (κ1) is 16.0. The van der Waals surface area contributed by atoms with E-state index >= 15 is 0 Å². The highest BCUT2D eigenvalue weighted by Gasteiger charge is 2.50. The number of nitrogens with one attached hydrogen (secondary N) is 2. The van der Waals surface area contributed by atoms with Crippen molar-refractivity contribution in [2.45, 2.75) is 58.3 Å². The van der Waals surface area contributed by atoms with Crippen molar-refractivity contribution in [1.29, 1.82) is 0 Å². The summed E-state index contributed by atoms with van der Waals surface area (Å²) < 4.78 is 0. The molecule has 0 radical (unpaired) electrons. The third-order valence-corrected chi connectivity index (χ3v) is 6.62. The summed E-state index contributed by atoms with van der Waals surface area (Å²) in [4.78, 5) is 12.5. The van der Waals surface area contributed by atoms with Crippen LogP contribution in [0.3, 0.4) is 0 Å². The van der Waals surface area contributed by atoms with Crippen molar-refractivity contribution in [1.82, 2.24) is 5.32 Å². The molecule has 0 saturated heterocycles. The van der Waals surface area contributed by atoms with Gasteiger partial charge in [0.2, 0.25) is 0 Å². The van der Waals surface area contributed by atoms with E-state index in [1.807, 2.05) is 18.2 Å². The SMILES string of the molecule is CC(C)c1ccccc1NC(=O)NCC12CC3CC(CC(C3)C1)C2. The third-order valence-electron chi connectivity index (χ3n) is 6.62. The van der Waals surface area contributed by atoms with Crippen LogP contribution in [0, 0.1) is 23.2 Å². The molecule has 0 heterocycles. The van der Waals surface area contributed by atoms with Crippen molar-refractivity contribution in [2.24, 2.45) is 23.2 Å². The number of hydrogen-bond acceptors (Lipinski definition) is 1. The Kier molecular flexibility index (Phi) is 4.06. The second-order valence-electron chi connectivity index (χ2n) is 8.97.